The lowest BCUT2D eigenvalue weighted by atomic mass is 10.1. The molecule has 1 N–H and O–H groups in total. The van der Waals surface area contributed by atoms with E-state index >= 15 is 0 Å². The quantitative estimate of drug-likeness (QED) is 0.767. The highest BCUT2D eigenvalue weighted by Crippen LogP contribution is 2.24. The highest BCUT2D eigenvalue weighted by atomic mass is 79.9. The van der Waals surface area contributed by atoms with Gasteiger partial charge in [-0.05, 0) is 58.7 Å². The fourth-order valence-corrected chi connectivity index (χ4v) is 2.33. The molecule has 0 amide bonds. The van der Waals surface area contributed by atoms with E-state index in [-0.39, 0.29) is 0 Å². The number of nitrogens with one attached hydrogen (secondary N) is 1. The molecular weight excluding hydrogens is 314 g/mol. The van der Waals surface area contributed by atoms with Crippen molar-refractivity contribution >= 4 is 15.9 Å². The minimum atomic E-state index is 0.593. The summed E-state index contributed by atoms with van der Waals surface area (Å²) in [7, 11) is 0. The van der Waals surface area contributed by atoms with Crippen molar-refractivity contribution in [3.05, 3.63) is 64.1 Å². The molecule has 2 nitrogen and oxygen atoms in total. The van der Waals surface area contributed by atoms with Crippen molar-refractivity contribution in [3.63, 3.8) is 0 Å². The molecule has 2 aromatic carbocycles. The Labute approximate surface area is 129 Å². The molecule has 0 fully saturated rings. The highest BCUT2D eigenvalue weighted by molar-refractivity contribution is 9.10. The number of para-hydroxylation sites is 1. The van der Waals surface area contributed by atoms with Crippen LogP contribution in [0.3, 0.4) is 0 Å². The summed E-state index contributed by atoms with van der Waals surface area (Å²) in [4.78, 5) is 0. The first kappa shape index (κ1) is 15.1. The molecular formula is C17H20BrNO. The van der Waals surface area contributed by atoms with Gasteiger partial charge in [-0.2, -0.15) is 0 Å². The predicted molar refractivity (Wildman–Crippen MR) is 87.2 cm³/mol. The minimum absolute atomic E-state index is 0.593. The Morgan fingerprint density at radius 3 is 2.40 bits per heavy atom. The largest absolute Gasteiger partial charge is 0.488 e. The molecule has 0 spiro atoms. The summed E-state index contributed by atoms with van der Waals surface area (Å²) in [6, 6.07) is 16.5. The van der Waals surface area contributed by atoms with Gasteiger partial charge in [0.2, 0.25) is 0 Å². The molecule has 0 saturated carbocycles. The van der Waals surface area contributed by atoms with Crippen molar-refractivity contribution in [2.45, 2.75) is 20.0 Å². The molecule has 0 atom stereocenters. The molecule has 0 aromatic heterocycles. The van der Waals surface area contributed by atoms with E-state index in [2.05, 4.69) is 52.4 Å². The monoisotopic (exact) mass is 333 g/mol. The van der Waals surface area contributed by atoms with E-state index < -0.39 is 0 Å². The molecule has 20 heavy (non-hydrogen) atoms. The van der Waals surface area contributed by atoms with Crippen LogP contribution in [0.2, 0.25) is 0 Å². The Bertz CT molecular complexity index is 525. The van der Waals surface area contributed by atoms with Crippen LogP contribution in [0.4, 0.5) is 0 Å². The Morgan fingerprint density at radius 1 is 1.00 bits per heavy atom. The Balaban J connectivity index is 1.86. The third kappa shape index (κ3) is 4.66. The van der Waals surface area contributed by atoms with Gasteiger partial charge in [0.1, 0.15) is 12.4 Å². The van der Waals surface area contributed by atoms with Gasteiger partial charge in [-0.15, -0.1) is 0 Å². The van der Waals surface area contributed by atoms with E-state index in [0.717, 1.165) is 29.7 Å². The molecule has 0 radical (unpaired) electrons. The SMILES string of the molecule is CCNCCc1ccc(COc2ccccc2Br)cc1. The standard InChI is InChI=1S/C17H20BrNO/c1-2-19-12-11-14-7-9-15(10-8-14)13-20-17-6-4-3-5-16(17)18/h3-10,19H,2,11-13H2,1H3. The first-order chi connectivity index (χ1) is 9.79. The van der Waals surface area contributed by atoms with Crippen molar-refractivity contribution < 1.29 is 4.74 Å². The maximum Gasteiger partial charge on any atom is 0.133 e. The van der Waals surface area contributed by atoms with Gasteiger partial charge >= 0.3 is 0 Å². The van der Waals surface area contributed by atoms with Crippen LogP contribution in [0.15, 0.2) is 53.0 Å². The normalized spacial score (nSPS) is 10.5. The zero-order valence-corrected chi connectivity index (χ0v) is 13.3. The van der Waals surface area contributed by atoms with Crippen LogP contribution in [-0.2, 0) is 13.0 Å². The summed E-state index contributed by atoms with van der Waals surface area (Å²) in [6.07, 6.45) is 1.07. The van der Waals surface area contributed by atoms with Crippen LogP contribution in [-0.4, -0.2) is 13.1 Å². The van der Waals surface area contributed by atoms with Gasteiger partial charge in [-0.25, -0.2) is 0 Å². The van der Waals surface area contributed by atoms with Crippen molar-refractivity contribution in [2.24, 2.45) is 0 Å². The van der Waals surface area contributed by atoms with Crippen LogP contribution >= 0.6 is 15.9 Å². The molecule has 106 valence electrons. The average Bonchev–Trinajstić information content (AvgIpc) is 2.48. The predicted octanol–water partition coefficient (Wildman–Crippen LogP) is 4.18. The maximum absolute atomic E-state index is 5.80. The Hall–Kier alpha value is -1.32. The second-order valence-electron chi connectivity index (χ2n) is 4.64. The first-order valence-corrected chi connectivity index (χ1v) is 7.74. The van der Waals surface area contributed by atoms with Gasteiger partial charge in [-0.3, -0.25) is 0 Å². The maximum atomic E-state index is 5.80. The average molecular weight is 334 g/mol. The van der Waals surface area contributed by atoms with E-state index in [1.54, 1.807) is 0 Å². The van der Waals surface area contributed by atoms with E-state index in [1.165, 1.54) is 11.1 Å². The third-order valence-corrected chi connectivity index (χ3v) is 3.75. The number of halogens is 1. The van der Waals surface area contributed by atoms with Crippen LogP contribution in [0.1, 0.15) is 18.1 Å². The van der Waals surface area contributed by atoms with Gasteiger partial charge in [0, 0.05) is 0 Å². The Kier molecular flexibility index (Phi) is 6.09. The third-order valence-electron chi connectivity index (χ3n) is 3.09. The molecule has 0 heterocycles. The molecule has 3 heteroatoms. The van der Waals surface area contributed by atoms with Crippen molar-refractivity contribution in [3.8, 4) is 5.75 Å². The van der Waals surface area contributed by atoms with Gasteiger partial charge in [-0.1, -0.05) is 43.3 Å². The number of ether oxygens (including phenoxy) is 1. The van der Waals surface area contributed by atoms with Crippen LogP contribution in [0, 0.1) is 0 Å². The number of likely N-dealkylation sites (N-methyl/N-ethyl adjacent to an activating group) is 1. The van der Waals surface area contributed by atoms with Gasteiger partial charge in [0.25, 0.3) is 0 Å². The van der Waals surface area contributed by atoms with E-state index in [4.69, 9.17) is 4.74 Å². The van der Waals surface area contributed by atoms with Crippen molar-refractivity contribution in [1.82, 2.24) is 5.32 Å². The molecule has 2 rings (SSSR count). The molecule has 0 unspecified atom stereocenters. The van der Waals surface area contributed by atoms with Gasteiger partial charge in [0.05, 0.1) is 4.47 Å². The van der Waals surface area contributed by atoms with Crippen LogP contribution in [0.5, 0.6) is 5.75 Å². The highest BCUT2D eigenvalue weighted by Gasteiger charge is 2.00. The number of benzene rings is 2. The Morgan fingerprint density at radius 2 is 1.70 bits per heavy atom. The lowest BCUT2D eigenvalue weighted by Crippen LogP contribution is -2.15. The summed E-state index contributed by atoms with van der Waals surface area (Å²) < 4.78 is 6.79. The van der Waals surface area contributed by atoms with Crippen LogP contribution in [0.25, 0.3) is 0 Å². The molecule has 0 aliphatic rings. The second kappa shape index (κ2) is 8.08. The van der Waals surface area contributed by atoms with E-state index in [1.807, 2.05) is 24.3 Å². The molecule has 0 aliphatic heterocycles. The number of hydrogen-bond acceptors (Lipinski definition) is 2. The fraction of sp³-hybridized carbons (Fsp3) is 0.294. The summed E-state index contributed by atoms with van der Waals surface area (Å²) in [6.45, 7) is 4.78. The van der Waals surface area contributed by atoms with Crippen molar-refractivity contribution in [2.75, 3.05) is 13.1 Å². The van der Waals surface area contributed by atoms with Gasteiger partial charge in [0.15, 0.2) is 0 Å². The van der Waals surface area contributed by atoms with E-state index in [9.17, 15) is 0 Å². The number of hydrogen-bond donors (Lipinski definition) is 1. The lowest BCUT2D eigenvalue weighted by Gasteiger charge is -2.09. The summed E-state index contributed by atoms with van der Waals surface area (Å²) in [5, 5.41) is 3.33. The molecule has 0 bridgehead atoms. The summed E-state index contributed by atoms with van der Waals surface area (Å²) >= 11 is 3.48. The molecule has 2 aromatic rings. The van der Waals surface area contributed by atoms with Crippen LogP contribution < -0.4 is 10.1 Å². The van der Waals surface area contributed by atoms with Crippen molar-refractivity contribution in [1.29, 1.82) is 0 Å². The summed E-state index contributed by atoms with van der Waals surface area (Å²) in [5.41, 5.74) is 2.54. The van der Waals surface area contributed by atoms with Gasteiger partial charge < -0.3 is 10.1 Å². The zero-order valence-electron chi connectivity index (χ0n) is 11.7. The molecule has 0 aliphatic carbocycles. The second-order valence-corrected chi connectivity index (χ2v) is 5.49. The lowest BCUT2D eigenvalue weighted by molar-refractivity contribution is 0.304. The summed E-state index contributed by atoms with van der Waals surface area (Å²) in [5.74, 6) is 0.878. The zero-order chi connectivity index (χ0) is 14.2. The molecule has 0 saturated heterocycles. The number of rotatable bonds is 7. The topological polar surface area (TPSA) is 21.3 Å². The fourth-order valence-electron chi connectivity index (χ4n) is 1.93. The smallest absolute Gasteiger partial charge is 0.133 e. The van der Waals surface area contributed by atoms with E-state index in [0.29, 0.717) is 6.61 Å². The minimum Gasteiger partial charge on any atom is -0.488 e. The first-order valence-electron chi connectivity index (χ1n) is 6.95.